The quantitative estimate of drug-likeness (QED) is 0.366. The minimum Gasteiger partial charge on any atom is -0.493 e. The molecule has 0 unspecified atom stereocenters. The molecule has 1 aromatic carbocycles. The zero-order valence-electron chi connectivity index (χ0n) is 18.8. The van der Waals surface area contributed by atoms with Gasteiger partial charge in [-0.25, -0.2) is 4.79 Å². The van der Waals surface area contributed by atoms with Gasteiger partial charge in [0, 0.05) is 19.6 Å². The highest BCUT2D eigenvalue weighted by Gasteiger charge is 2.34. The number of ether oxygens (including phenoxy) is 2. The van der Waals surface area contributed by atoms with Crippen LogP contribution in [0, 0.1) is 0 Å². The highest BCUT2D eigenvalue weighted by atomic mass is 32.2. The predicted octanol–water partition coefficient (Wildman–Crippen LogP) is 4.52. The number of thioether (sulfide) groups is 1. The molecule has 1 aliphatic heterocycles. The molecule has 0 bridgehead atoms. The number of rotatable bonds is 10. The largest absolute Gasteiger partial charge is 0.493 e. The molecule has 0 radical (unpaired) electrons. The van der Waals surface area contributed by atoms with Crippen LogP contribution >= 0.6 is 11.8 Å². The van der Waals surface area contributed by atoms with Gasteiger partial charge in [-0.05, 0) is 67.6 Å². The number of imide groups is 1. The average molecular weight is 496 g/mol. The number of nitrogens with zero attached hydrogens (tertiary/aromatic N) is 1. The summed E-state index contributed by atoms with van der Waals surface area (Å²) in [6.45, 7) is -2.31. The first kappa shape index (κ1) is 25.5. The van der Waals surface area contributed by atoms with Gasteiger partial charge in [-0.3, -0.25) is 14.5 Å². The lowest BCUT2D eigenvalue weighted by atomic mass is 9.97. The molecule has 1 aliphatic carbocycles. The maximum atomic E-state index is 12.6. The number of alkyl halides is 2. The molecule has 8 nitrogen and oxygen atoms in total. The number of allylic oxidation sites excluding steroid dienone is 1. The highest BCUT2D eigenvalue weighted by molar-refractivity contribution is 8.18. The van der Waals surface area contributed by atoms with Crippen LogP contribution in [0.1, 0.15) is 37.7 Å². The van der Waals surface area contributed by atoms with Crippen LogP contribution < -0.4 is 20.1 Å². The number of benzene rings is 1. The summed E-state index contributed by atoms with van der Waals surface area (Å²) in [5.41, 5.74) is 1.85. The van der Waals surface area contributed by atoms with E-state index in [4.69, 9.17) is 4.74 Å². The Morgan fingerprint density at radius 3 is 2.71 bits per heavy atom. The number of nitrogens with one attached hydrogen (secondary N) is 2. The molecule has 1 heterocycles. The lowest BCUT2D eigenvalue weighted by Gasteiger charge is -2.15. The van der Waals surface area contributed by atoms with Crippen LogP contribution in [0.4, 0.5) is 18.4 Å². The molecule has 3 rings (SSSR count). The van der Waals surface area contributed by atoms with Gasteiger partial charge in [-0.15, -0.1) is 0 Å². The second-order valence-electron chi connectivity index (χ2n) is 7.66. The Bertz CT molecular complexity index is 983. The number of halogens is 2. The standard InChI is InChI=1S/C23H27F2N3O5S/c1-32-18-13-16(7-8-17(18)33-21(24)25)14-19-20(29)28(23(31)34-19)12-11-27-22(30)26-10-9-15-5-3-2-4-6-15/h5,7-8,13-14,21H,2-4,6,9-12H2,1H3,(H2,26,27,30). The summed E-state index contributed by atoms with van der Waals surface area (Å²) in [4.78, 5) is 38.1. The maximum Gasteiger partial charge on any atom is 0.387 e. The minimum absolute atomic E-state index is 0.0328. The van der Waals surface area contributed by atoms with Crippen LogP contribution in [-0.4, -0.2) is 55.4 Å². The van der Waals surface area contributed by atoms with Crippen molar-refractivity contribution in [1.82, 2.24) is 15.5 Å². The zero-order valence-corrected chi connectivity index (χ0v) is 19.6. The van der Waals surface area contributed by atoms with Gasteiger partial charge in [0.1, 0.15) is 0 Å². The van der Waals surface area contributed by atoms with Crippen molar-refractivity contribution >= 4 is 35.0 Å². The summed E-state index contributed by atoms with van der Waals surface area (Å²) in [5.74, 6) is -0.556. The van der Waals surface area contributed by atoms with Crippen molar-refractivity contribution in [3.63, 3.8) is 0 Å². The van der Waals surface area contributed by atoms with E-state index in [-0.39, 0.29) is 35.5 Å². The van der Waals surface area contributed by atoms with Crippen molar-refractivity contribution in [3.05, 3.63) is 40.3 Å². The number of carbonyl (C=O) groups is 3. The molecule has 0 aromatic heterocycles. The lowest BCUT2D eigenvalue weighted by molar-refractivity contribution is -0.122. The Morgan fingerprint density at radius 1 is 1.21 bits per heavy atom. The van der Waals surface area contributed by atoms with Crippen molar-refractivity contribution in [3.8, 4) is 11.5 Å². The van der Waals surface area contributed by atoms with E-state index >= 15 is 0 Å². The minimum atomic E-state index is -3.00. The van der Waals surface area contributed by atoms with Gasteiger partial charge < -0.3 is 20.1 Å². The summed E-state index contributed by atoms with van der Waals surface area (Å²) in [6, 6.07) is 3.86. The first-order chi connectivity index (χ1) is 16.4. The van der Waals surface area contributed by atoms with E-state index in [1.165, 1.54) is 49.8 Å². The normalized spacial score (nSPS) is 17.2. The van der Waals surface area contributed by atoms with Crippen LogP contribution in [0.15, 0.2) is 34.8 Å². The smallest absolute Gasteiger partial charge is 0.387 e. The number of hydrogen-bond donors (Lipinski definition) is 2. The van der Waals surface area contributed by atoms with Gasteiger partial charge in [0.15, 0.2) is 11.5 Å². The molecular formula is C23H27F2N3O5S. The molecule has 1 aromatic rings. The zero-order chi connectivity index (χ0) is 24.5. The Morgan fingerprint density at radius 2 is 2.00 bits per heavy atom. The third kappa shape index (κ3) is 7.21. The fourth-order valence-corrected chi connectivity index (χ4v) is 4.49. The van der Waals surface area contributed by atoms with E-state index in [9.17, 15) is 23.2 Å². The summed E-state index contributed by atoms with van der Waals surface area (Å²) in [5, 5.41) is 4.98. The van der Waals surface area contributed by atoms with Crippen molar-refractivity contribution < 1.29 is 32.6 Å². The molecule has 0 saturated carbocycles. The molecule has 0 spiro atoms. The molecule has 34 heavy (non-hydrogen) atoms. The van der Waals surface area contributed by atoms with Crippen molar-refractivity contribution in [2.75, 3.05) is 26.7 Å². The second kappa shape index (κ2) is 12.4. The van der Waals surface area contributed by atoms with Crippen LogP contribution in [0.2, 0.25) is 0 Å². The Balaban J connectivity index is 1.49. The average Bonchev–Trinajstić information content (AvgIpc) is 3.07. The van der Waals surface area contributed by atoms with Crippen LogP contribution in [0.25, 0.3) is 6.08 Å². The summed E-state index contributed by atoms with van der Waals surface area (Å²) >= 11 is 0.765. The number of amides is 4. The third-order valence-corrected chi connectivity index (χ3v) is 6.22. The predicted molar refractivity (Wildman–Crippen MR) is 125 cm³/mol. The number of carbonyl (C=O) groups excluding carboxylic acids is 3. The van der Waals surface area contributed by atoms with E-state index in [0.717, 1.165) is 35.9 Å². The van der Waals surface area contributed by atoms with E-state index in [1.54, 1.807) is 0 Å². The van der Waals surface area contributed by atoms with E-state index in [0.29, 0.717) is 12.1 Å². The van der Waals surface area contributed by atoms with E-state index in [2.05, 4.69) is 21.4 Å². The first-order valence-corrected chi connectivity index (χ1v) is 11.8. The summed E-state index contributed by atoms with van der Waals surface area (Å²) < 4.78 is 34.4. The molecule has 1 fully saturated rings. The highest BCUT2D eigenvalue weighted by Crippen LogP contribution is 2.34. The molecule has 2 N–H and O–H groups in total. The molecule has 4 amide bonds. The Labute approximate surface area is 200 Å². The van der Waals surface area contributed by atoms with Gasteiger partial charge in [0.25, 0.3) is 11.1 Å². The number of urea groups is 1. The van der Waals surface area contributed by atoms with E-state index < -0.39 is 17.8 Å². The molecule has 1 saturated heterocycles. The van der Waals surface area contributed by atoms with Gasteiger partial charge in [-0.2, -0.15) is 8.78 Å². The van der Waals surface area contributed by atoms with Crippen LogP contribution in [0.5, 0.6) is 11.5 Å². The van der Waals surface area contributed by atoms with Gasteiger partial charge in [0.05, 0.1) is 12.0 Å². The summed E-state index contributed by atoms with van der Waals surface area (Å²) in [7, 11) is 1.31. The van der Waals surface area contributed by atoms with Gasteiger partial charge >= 0.3 is 12.6 Å². The molecular weight excluding hydrogens is 468 g/mol. The Kier molecular flexibility index (Phi) is 9.32. The molecule has 11 heteroatoms. The van der Waals surface area contributed by atoms with Crippen LogP contribution in [-0.2, 0) is 4.79 Å². The number of methoxy groups -OCH3 is 1. The molecule has 0 atom stereocenters. The summed E-state index contributed by atoms with van der Waals surface area (Å²) in [6.07, 6.45) is 9.11. The SMILES string of the molecule is COc1cc(C=C2SC(=O)N(CCNC(=O)NCCC3=CCCCC3)C2=O)ccc1OC(F)F. The maximum absolute atomic E-state index is 12.6. The van der Waals surface area contributed by atoms with Crippen molar-refractivity contribution in [2.45, 2.75) is 38.7 Å². The van der Waals surface area contributed by atoms with Crippen molar-refractivity contribution in [1.29, 1.82) is 0 Å². The van der Waals surface area contributed by atoms with Crippen LogP contribution in [0.3, 0.4) is 0 Å². The molecule has 2 aliphatic rings. The number of hydrogen-bond acceptors (Lipinski definition) is 6. The van der Waals surface area contributed by atoms with Crippen molar-refractivity contribution in [2.24, 2.45) is 0 Å². The monoisotopic (exact) mass is 495 g/mol. The van der Waals surface area contributed by atoms with Gasteiger partial charge in [0.2, 0.25) is 0 Å². The Hall–Kier alpha value is -3.08. The lowest BCUT2D eigenvalue weighted by Crippen LogP contribution is -2.41. The van der Waals surface area contributed by atoms with E-state index in [1.807, 2.05) is 0 Å². The fraction of sp³-hybridized carbons (Fsp3) is 0.435. The van der Waals surface area contributed by atoms with Gasteiger partial charge in [-0.1, -0.05) is 17.7 Å². The second-order valence-corrected chi connectivity index (χ2v) is 8.66. The first-order valence-electron chi connectivity index (χ1n) is 10.9. The molecule has 184 valence electrons. The fourth-order valence-electron chi connectivity index (χ4n) is 3.62. The third-order valence-electron chi connectivity index (χ3n) is 5.31. The topological polar surface area (TPSA) is 97.0 Å².